The molecule has 4 nitrogen and oxygen atoms in total. The first kappa shape index (κ1) is 17.3. The van der Waals surface area contributed by atoms with Crippen molar-refractivity contribution in [2.45, 2.75) is 51.9 Å². The molecule has 0 unspecified atom stereocenters. The van der Waals surface area contributed by atoms with Gasteiger partial charge in [0.2, 0.25) is 11.8 Å². The van der Waals surface area contributed by atoms with Crippen molar-refractivity contribution in [2.75, 3.05) is 31.9 Å². The van der Waals surface area contributed by atoms with Crippen molar-refractivity contribution >= 4 is 24.4 Å². The third kappa shape index (κ3) is 6.16. The molecule has 0 radical (unpaired) electrons. The second-order valence-corrected chi connectivity index (χ2v) is 5.87. The van der Waals surface area contributed by atoms with E-state index in [1.54, 1.807) is 9.80 Å². The molecule has 1 saturated heterocycles. The molecular weight excluding hydrogens is 272 g/mol. The molecule has 1 fully saturated rings. The van der Waals surface area contributed by atoms with Gasteiger partial charge in [-0.05, 0) is 25.5 Å². The topological polar surface area (TPSA) is 40.6 Å². The van der Waals surface area contributed by atoms with Crippen LogP contribution in [0, 0.1) is 0 Å². The third-order valence-electron chi connectivity index (χ3n) is 3.83. The summed E-state index contributed by atoms with van der Waals surface area (Å²) in [5.74, 6) is 1.17. The summed E-state index contributed by atoms with van der Waals surface area (Å²) in [6.45, 7) is 3.81. The zero-order chi connectivity index (χ0) is 14.8. The van der Waals surface area contributed by atoms with Gasteiger partial charge in [-0.2, -0.15) is 12.6 Å². The second kappa shape index (κ2) is 10.1. The minimum absolute atomic E-state index is 0.0823. The molecule has 1 aliphatic rings. The van der Waals surface area contributed by atoms with Gasteiger partial charge >= 0.3 is 0 Å². The van der Waals surface area contributed by atoms with Gasteiger partial charge in [0.25, 0.3) is 0 Å². The van der Waals surface area contributed by atoms with Crippen LogP contribution >= 0.6 is 12.6 Å². The minimum Gasteiger partial charge on any atom is -0.332 e. The third-order valence-corrected chi connectivity index (χ3v) is 4.14. The van der Waals surface area contributed by atoms with Crippen molar-refractivity contribution < 1.29 is 9.59 Å². The van der Waals surface area contributed by atoms with Crippen LogP contribution in [0.5, 0.6) is 0 Å². The van der Waals surface area contributed by atoms with E-state index in [9.17, 15) is 9.59 Å². The van der Waals surface area contributed by atoms with Crippen LogP contribution in [0.25, 0.3) is 0 Å². The normalized spacial score (nSPS) is 16.1. The van der Waals surface area contributed by atoms with Gasteiger partial charge in [-0.25, -0.2) is 0 Å². The Morgan fingerprint density at radius 2 is 1.35 bits per heavy atom. The molecule has 0 atom stereocenters. The van der Waals surface area contributed by atoms with Crippen LogP contribution < -0.4 is 0 Å². The highest BCUT2D eigenvalue weighted by Gasteiger charge is 2.27. The molecule has 0 bridgehead atoms. The van der Waals surface area contributed by atoms with Gasteiger partial charge in [-0.15, -0.1) is 0 Å². The van der Waals surface area contributed by atoms with E-state index in [4.69, 9.17) is 0 Å². The summed E-state index contributed by atoms with van der Waals surface area (Å²) in [6, 6.07) is 0. The van der Waals surface area contributed by atoms with E-state index in [0.29, 0.717) is 6.54 Å². The van der Waals surface area contributed by atoms with E-state index in [0.717, 1.165) is 25.1 Å². The van der Waals surface area contributed by atoms with Crippen molar-refractivity contribution in [3.8, 4) is 0 Å². The van der Waals surface area contributed by atoms with Crippen LogP contribution in [-0.2, 0) is 9.59 Å². The number of thiol groups is 1. The highest BCUT2D eigenvalue weighted by atomic mass is 32.1. The van der Waals surface area contributed by atoms with Gasteiger partial charge in [-0.3, -0.25) is 9.59 Å². The van der Waals surface area contributed by atoms with E-state index < -0.39 is 0 Å². The number of carbonyl (C=O) groups is 2. The summed E-state index contributed by atoms with van der Waals surface area (Å²) in [5, 5.41) is 0. The van der Waals surface area contributed by atoms with Crippen molar-refractivity contribution in [2.24, 2.45) is 0 Å². The fourth-order valence-corrected chi connectivity index (χ4v) is 2.72. The zero-order valence-corrected chi connectivity index (χ0v) is 13.5. The number of likely N-dealkylation sites (N-methyl/N-ethyl adjacent to an activating group) is 1. The molecule has 0 aromatic carbocycles. The smallest absolute Gasteiger partial charge is 0.242 e. The number of piperazine rings is 1. The number of amides is 2. The SMILES string of the molecule is CCN1CC(=O)N(CCCCCCCCCS)CC1=O. The number of hydrogen-bond acceptors (Lipinski definition) is 3. The first-order valence-electron chi connectivity index (χ1n) is 7.85. The van der Waals surface area contributed by atoms with E-state index in [2.05, 4.69) is 12.6 Å². The van der Waals surface area contributed by atoms with Crippen LogP contribution in [0.15, 0.2) is 0 Å². The van der Waals surface area contributed by atoms with E-state index in [1.807, 2.05) is 6.92 Å². The van der Waals surface area contributed by atoms with Gasteiger partial charge in [0, 0.05) is 13.1 Å². The predicted octanol–water partition coefficient (Wildman–Crippen LogP) is 2.34. The average Bonchev–Trinajstić information content (AvgIpc) is 2.44. The number of carbonyl (C=O) groups excluding carboxylic acids is 2. The molecule has 1 heterocycles. The monoisotopic (exact) mass is 300 g/mol. The number of nitrogens with zero attached hydrogens (tertiary/aromatic N) is 2. The number of rotatable bonds is 10. The number of unbranched alkanes of at least 4 members (excludes halogenated alkanes) is 6. The van der Waals surface area contributed by atoms with Crippen LogP contribution in [0.3, 0.4) is 0 Å². The summed E-state index contributed by atoms with van der Waals surface area (Å²) in [5.41, 5.74) is 0. The summed E-state index contributed by atoms with van der Waals surface area (Å²) < 4.78 is 0. The molecule has 2 amide bonds. The second-order valence-electron chi connectivity index (χ2n) is 5.42. The molecule has 0 aliphatic carbocycles. The van der Waals surface area contributed by atoms with Gasteiger partial charge < -0.3 is 9.80 Å². The Kier molecular flexibility index (Phi) is 8.74. The predicted molar refractivity (Wildman–Crippen MR) is 85.0 cm³/mol. The zero-order valence-electron chi connectivity index (χ0n) is 12.6. The molecule has 0 N–H and O–H groups in total. The largest absolute Gasteiger partial charge is 0.332 e. The van der Waals surface area contributed by atoms with Gasteiger partial charge in [0.15, 0.2) is 0 Å². The molecule has 20 heavy (non-hydrogen) atoms. The lowest BCUT2D eigenvalue weighted by Gasteiger charge is -2.33. The van der Waals surface area contributed by atoms with Crippen molar-refractivity contribution in [3.63, 3.8) is 0 Å². The fourth-order valence-electron chi connectivity index (χ4n) is 2.49. The highest BCUT2D eigenvalue weighted by molar-refractivity contribution is 7.80. The first-order chi connectivity index (χ1) is 9.69. The first-order valence-corrected chi connectivity index (χ1v) is 8.48. The lowest BCUT2D eigenvalue weighted by molar-refractivity contribution is -0.149. The molecule has 1 rings (SSSR count). The molecule has 0 saturated carbocycles. The fraction of sp³-hybridized carbons (Fsp3) is 0.867. The van der Waals surface area contributed by atoms with Crippen molar-refractivity contribution in [3.05, 3.63) is 0 Å². The molecule has 0 spiro atoms. The van der Waals surface area contributed by atoms with Gasteiger partial charge in [-0.1, -0.05) is 32.1 Å². The Balaban J connectivity index is 2.07. The van der Waals surface area contributed by atoms with E-state index >= 15 is 0 Å². The summed E-state index contributed by atoms with van der Waals surface area (Å²) in [7, 11) is 0. The van der Waals surface area contributed by atoms with Crippen LogP contribution in [0.1, 0.15) is 51.9 Å². The maximum atomic E-state index is 11.9. The molecule has 1 aliphatic heterocycles. The lowest BCUT2D eigenvalue weighted by atomic mass is 10.1. The molecule has 0 aromatic rings. The van der Waals surface area contributed by atoms with Crippen molar-refractivity contribution in [1.82, 2.24) is 9.80 Å². The van der Waals surface area contributed by atoms with Crippen LogP contribution in [0.2, 0.25) is 0 Å². The molecular formula is C15H28N2O2S. The Morgan fingerprint density at radius 1 is 0.850 bits per heavy atom. The maximum absolute atomic E-state index is 11.9. The molecule has 116 valence electrons. The Labute approximate surface area is 128 Å². The van der Waals surface area contributed by atoms with Crippen LogP contribution in [-0.4, -0.2) is 53.5 Å². The summed E-state index contributed by atoms with van der Waals surface area (Å²) in [6.07, 6.45) is 8.42. The maximum Gasteiger partial charge on any atom is 0.242 e. The van der Waals surface area contributed by atoms with Crippen LogP contribution in [0.4, 0.5) is 0 Å². The minimum atomic E-state index is 0.0823. The molecule has 5 heteroatoms. The van der Waals surface area contributed by atoms with Crippen molar-refractivity contribution in [1.29, 1.82) is 0 Å². The highest BCUT2D eigenvalue weighted by Crippen LogP contribution is 2.10. The Morgan fingerprint density at radius 3 is 1.95 bits per heavy atom. The summed E-state index contributed by atoms with van der Waals surface area (Å²) in [4.78, 5) is 27.0. The molecule has 0 aromatic heterocycles. The number of hydrogen-bond donors (Lipinski definition) is 1. The van der Waals surface area contributed by atoms with Gasteiger partial charge in [0.1, 0.15) is 0 Å². The quantitative estimate of drug-likeness (QED) is 0.497. The van der Waals surface area contributed by atoms with E-state index in [-0.39, 0.29) is 24.9 Å². The van der Waals surface area contributed by atoms with E-state index in [1.165, 1.54) is 32.1 Å². The summed E-state index contributed by atoms with van der Waals surface area (Å²) >= 11 is 4.20. The lowest BCUT2D eigenvalue weighted by Crippen LogP contribution is -2.53. The van der Waals surface area contributed by atoms with Gasteiger partial charge in [0.05, 0.1) is 13.1 Å². The Hall–Kier alpha value is -0.710. The standard InChI is InChI=1S/C15H28N2O2S/c1-2-16-12-15(19)17(13-14(16)18)10-8-6-4-3-5-7-9-11-20/h20H,2-13H2,1H3. The average molecular weight is 300 g/mol. The Bertz CT molecular complexity index is 310.